The highest BCUT2D eigenvalue weighted by Crippen LogP contribution is 2.27. The van der Waals surface area contributed by atoms with Gasteiger partial charge in [0.25, 0.3) is 10.0 Å². The molecule has 1 aromatic carbocycles. The van der Waals surface area contributed by atoms with Crippen LogP contribution in [0.3, 0.4) is 0 Å². The molecule has 0 atom stereocenters. The van der Waals surface area contributed by atoms with Gasteiger partial charge in [-0.05, 0) is 56.2 Å². The minimum atomic E-state index is -3.92. The quantitative estimate of drug-likeness (QED) is 0.626. The molecular formula is C20H22N4O4S2. The van der Waals surface area contributed by atoms with Crippen LogP contribution in [0.5, 0.6) is 0 Å². The lowest BCUT2D eigenvalue weighted by molar-refractivity contribution is -0.117. The summed E-state index contributed by atoms with van der Waals surface area (Å²) < 4.78 is 25.7. The number of carbonyl (C=O) groups is 2. The maximum absolute atomic E-state index is 12.2. The van der Waals surface area contributed by atoms with Gasteiger partial charge in [-0.15, -0.1) is 11.8 Å². The van der Waals surface area contributed by atoms with Crippen molar-refractivity contribution in [1.82, 2.24) is 9.71 Å². The average Bonchev–Trinajstić information content (AvgIpc) is 2.66. The van der Waals surface area contributed by atoms with E-state index in [0.717, 1.165) is 23.7 Å². The van der Waals surface area contributed by atoms with Crippen molar-refractivity contribution < 1.29 is 18.0 Å². The Hall–Kier alpha value is -2.90. The van der Waals surface area contributed by atoms with Crippen molar-refractivity contribution in [2.75, 3.05) is 11.1 Å². The largest absolute Gasteiger partial charge is 0.326 e. The first-order valence-electron chi connectivity index (χ1n) is 8.99. The highest BCUT2D eigenvalue weighted by atomic mass is 32.2. The van der Waals surface area contributed by atoms with Crippen molar-refractivity contribution in [3.8, 4) is 6.07 Å². The van der Waals surface area contributed by atoms with Crippen molar-refractivity contribution in [3.63, 3.8) is 0 Å². The summed E-state index contributed by atoms with van der Waals surface area (Å²) in [6, 6.07) is 7.68. The number of rotatable bonds is 7. The molecule has 1 heterocycles. The second-order valence-corrected chi connectivity index (χ2v) is 9.34. The number of hydrogen-bond donors (Lipinski definition) is 2. The zero-order chi connectivity index (χ0) is 22.5. The van der Waals surface area contributed by atoms with Crippen molar-refractivity contribution in [2.45, 2.75) is 44.0 Å². The first-order chi connectivity index (χ1) is 14.0. The number of sulfonamides is 1. The number of amides is 2. The molecule has 0 spiro atoms. The number of anilines is 1. The van der Waals surface area contributed by atoms with E-state index in [-0.39, 0.29) is 17.2 Å². The van der Waals surface area contributed by atoms with Gasteiger partial charge in [0.2, 0.25) is 11.8 Å². The number of carbonyl (C=O) groups excluding carboxylic acids is 2. The van der Waals surface area contributed by atoms with Crippen molar-refractivity contribution in [1.29, 1.82) is 5.26 Å². The maximum Gasteiger partial charge on any atom is 0.264 e. The van der Waals surface area contributed by atoms with E-state index in [0.29, 0.717) is 22.0 Å². The summed E-state index contributed by atoms with van der Waals surface area (Å²) in [7, 11) is -3.92. The molecule has 0 fully saturated rings. The van der Waals surface area contributed by atoms with Crippen LogP contribution in [0, 0.1) is 32.1 Å². The topological polar surface area (TPSA) is 129 Å². The van der Waals surface area contributed by atoms with Gasteiger partial charge in [0.05, 0.1) is 10.5 Å². The molecule has 2 N–H and O–H groups in total. The lowest BCUT2D eigenvalue weighted by Crippen LogP contribution is -2.28. The number of thioether (sulfide) groups is 1. The molecule has 0 unspecified atom stereocenters. The third kappa shape index (κ3) is 5.81. The van der Waals surface area contributed by atoms with Crippen LogP contribution in [0.15, 0.2) is 34.2 Å². The van der Waals surface area contributed by atoms with Crippen LogP contribution >= 0.6 is 11.8 Å². The summed E-state index contributed by atoms with van der Waals surface area (Å²) in [5.74, 6) is -0.498. The van der Waals surface area contributed by atoms with Gasteiger partial charge in [-0.25, -0.2) is 18.1 Å². The Kier molecular flexibility index (Phi) is 7.59. The standard InChI is InChI=1S/C20H22N4O4S2/c1-12-13(2)18(11-21)20(22-14(12)3)29-10-9-19(26)23-16-5-7-17(8-6-16)30(27,28)24-15(4)25/h5-8H,9-10H2,1-4H3,(H,23,26)(H,24,25). The van der Waals surface area contributed by atoms with E-state index in [1.54, 1.807) is 0 Å². The molecule has 0 bridgehead atoms. The number of hydrogen-bond acceptors (Lipinski definition) is 7. The predicted octanol–water partition coefficient (Wildman–Crippen LogP) is 2.82. The molecule has 0 aliphatic heterocycles. The Labute approximate surface area is 180 Å². The lowest BCUT2D eigenvalue weighted by atomic mass is 10.1. The van der Waals surface area contributed by atoms with Crippen LogP contribution in [-0.4, -0.2) is 31.0 Å². The number of nitrogens with zero attached hydrogens (tertiary/aromatic N) is 2. The van der Waals surface area contributed by atoms with Crippen molar-refractivity contribution in [3.05, 3.63) is 46.6 Å². The lowest BCUT2D eigenvalue weighted by Gasteiger charge is -2.11. The average molecular weight is 447 g/mol. The Balaban J connectivity index is 1.96. The van der Waals surface area contributed by atoms with E-state index in [9.17, 15) is 23.3 Å². The van der Waals surface area contributed by atoms with Gasteiger partial charge in [-0.3, -0.25) is 9.59 Å². The van der Waals surface area contributed by atoms with Gasteiger partial charge in [0.15, 0.2) is 0 Å². The van der Waals surface area contributed by atoms with Gasteiger partial charge in [0, 0.05) is 30.5 Å². The fraction of sp³-hybridized carbons (Fsp3) is 0.300. The summed E-state index contributed by atoms with van der Waals surface area (Å²) in [6.45, 7) is 6.80. The number of pyridine rings is 1. The van der Waals surface area contributed by atoms with Crippen LogP contribution in [0.1, 0.15) is 35.7 Å². The highest BCUT2D eigenvalue weighted by molar-refractivity contribution is 7.99. The van der Waals surface area contributed by atoms with Gasteiger partial charge in [-0.2, -0.15) is 5.26 Å². The molecule has 2 rings (SSSR count). The highest BCUT2D eigenvalue weighted by Gasteiger charge is 2.16. The zero-order valence-electron chi connectivity index (χ0n) is 17.1. The molecule has 10 heteroatoms. The Morgan fingerprint density at radius 2 is 1.77 bits per heavy atom. The summed E-state index contributed by atoms with van der Waals surface area (Å²) in [5, 5.41) is 12.7. The van der Waals surface area contributed by atoms with E-state index < -0.39 is 15.9 Å². The SMILES string of the molecule is CC(=O)NS(=O)(=O)c1ccc(NC(=O)CCSc2nc(C)c(C)c(C)c2C#N)cc1. The third-order valence-corrected chi connectivity index (χ3v) is 6.80. The fourth-order valence-electron chi connectivity index (χ4n) is 2.58. The van der Waals surface area contributed by atoms with E-state index >= 15 is 0 Å². The minimum absolute atomic E-state index is 0.0773. The van der Waals surface area contributed by atoms with E-state index in [1.807, 2.05) is 25.5 Å². The maximum atomic E-state index is 12.2. The molecule has 0 radical (unpaired) electrons. The molecule has 2 amide bonds. The number of nitriles is 1. The summed E-state index contributed by atoms with van der Waals surface area (Å²) in [5.41, 5.74) is 3.70. The molecule has 0 aliphatic rings. The van der Waals surface area contributed by atoms with Crippen LogP contribution < -0.4 is 10.0 Å². The smallest absolute Gasteiger partial charge is 0.264 e. The molecule has 30 heavy (non-hydrogen) atoms. The second-order valence-electron chi connectivity index (χ2n) is 6.57. The normalized spacial score (nSPS) is 10.9. The summed E-state index contributed by atoms with van der Waals surface area (Å²) >= 11 is 1.35. The number of benzene rings is 1. The molecule has 2 aromatic rings. The predicted molar refractivity (Wildman–Crippen MR) is 115 cm³/mol. The summed E-state index contributed by atoms with van der Waals surface area (Å²) in [4.78, 5) is 27.5. The minimum Gasteiger partial charge on any atom is -0.326 e. The Morgan fingerprint density at radius 1 is 1.13 bits per heavy atom. The van der Waals surface area contributed by atoms with E-state index in [2.05, 4.69) is 16.4 Å². The van der Waals surface area contributed by atoms with Crippen LogP contribution in [0.4, 0.5) is 5.69 Å². The third-order valence-electron chi connectivity index (χ3n) is 4.37. The Bertz CT molecular complexity index is 1120. The molecule has 1 aromatic heterocycles. The van der Waals surface area contributed by atoms with Gasteiger partial charge < -0.3 is 5.32 Å². The number of aryl methyl sites for hydroxylation is 1. The monoisotopic (exact) mass is 446 g/mol. The molecule has 0 saturated carbocycles. The van der Waals surface area contributed by atoms with Crippen molar-refractivity contribution in [2.24, 2.45) is 0 Å². The van der Waals surface area contributed by atoms with Crippen LogP contribution in [0.2, 0.25) is 0 Å². The number of nitrogens with one attached hydrogen (secondary N) is 2. The van der Waals surface area contributed by atoms with E-state index in [1.165, 1.54) is 36.0 Å². The van der Waals surface area contributed by atoms with Crippen LogP contribution in [0.25, 0.3) is 0 Å². The van der Waals surface area contributed by atoms with Crippen LogP contribution in [-0.2, 0) is 19.6 Å². The van der Waals surface area contributed by atoms with Gasteiger partial charge >= 0.3 is 0 Å². The molecule has 8 nitrogen and oxygen atoms in total. The van der Waals surface area contributed by atoms with Crippen molar-refractivity contribution >= 4 is 39.3 Å². The molecule has 158 valence electrons. The first kappa shape index (κ1) is 23.4. The Morgan fingerprint density at radius 3 is 2.33 bits per heavy atom. The summed E-state index contributed by atoms with van der Waals surface area (Å²) in [6.07, 6.45) is 0.190. The first-order valence-corrected chi connectivity index (χ1v) is 11.5. The number of aromatic nitrogens is 1. The zero-order valence-corrected chi connectivity index (χ0v) is 18.7. The van der Waals surface area contributed by atoms with Gasteiger partial charge in [0.1, 0.15) is 11.1 Å². The molecule has 0 aliphatic carbocycles. The molecular weight excluding hydrogens is 424 g/mol. The second kappa shape index (κ2) is 9.73. The van der Waals surface area contributed by atoms with E-state index in [4.69, 9.17) is 0 Å². The fourth-order valence-corrected chi connectivity index (χ4v) is 4.59. The van der Waals surface area contributed by atoms with Gasteiger partial charge in [-0.1, -0.05) is 0 Å². The molecule has 0 saturated heterocycles.